The number of hydrogen-bond donors (Lipinski definition) is 2. The summed E-state index contributed by atoms with van der Waals surface area (Å²) < 4.78 is 6.24. The summed E-state index contributed by atoms with van der Waals surface area (Å²) in [6, 6.07) is 12.6. The lowest BCUT2D eigenvalue weighted by Gasteiger charge is -2.34. The van der Waals surface area contributed by atoms with Crippen LogP contribution in [0.2, 0.25) is 0 Å². The minimum atomic E-state index is -1.12. The number of carbonyl (C=O) groups excluding carboxylic acids is 2. The van der Waals surface area contributed by atoms with Crippen LogP contribution in [-0.2, 0) is 14.3 Å². The maximum absolute atomic E-state index is 13.6. The number of imide groups is 1. The highest BCUT2D eigenvalue weighted by Gasteiger charge is 2.77. The monoisotopic (exact) mass is 406 g/mol. The molecule has 2 aromatic rings. The lowest BCUT2D eigenvalue weighted by atomic mass is 9.64. The first-order chi connectivity index (χ1) is 14.4. The molecule has 3 fully saturated rings. The van der Waals surface area contributed by atoms with Crippen LogP contribution < -0.4 is 4.90 Å². The van der Waals surface area contributed by atoms with E-state index < -0.39 is 29.1 Å². The molecule has 3 aliphatic rings. The van der Waals surface area contributed by atoms with Crippen LogP contribution in [0.1, 0.15) is 31.7 Å². The van der Waals surface area contributed by atoms with Gasteiger partial charge in [0.05, 0.1) is 40.9 Å². The Labute approximate surface area is 173 Å². The zero-order chi connectivity index (χ0) is 21.3. The summed E-state index contributed by atoms with van der Waals surface area (Å²) in [5.74, 6) is -2.29. The fraction of sp³-hybridized carbons (Fsp3) is 0.435. The molecule has 0 saturated carbocycles. The minimum Gasteiger partial charge on any atom is -0.396 e. The van der Waals surface area contributed by atoms with Crippen LogP contribution in [0.15, 0.2) is 36.4 Å². The first kappa shape index (κ1) is 19.2. The van der Waals surface area contributed by atoms with Crippen LogP contribution in [0.3, 0.4) is 0 Å². The van der Waals surface area contributed by atoms with E-state index in [-0.39, 0.29) is 31.3 Å². The summed E-state index contributed by atoms with van der Waals surface area (Å²) >= 11 is 0. The number of amides is 2. The molecule has 0 spiro atoms. The number of aliphatic hydroxyl groups excluding tert-OH is 2. The average Bonchev–Trinajstić information content (AvgIpc) is 3.31. The predicted molar refractivity (Wildman–Crippen MR) is 107 cm³/mol. The van der Waals surface area contributed by atoms with E-state index in [9.17, 15) is 25.1 Å². The van der Waals surface area contributed by atoms with Crippen molar-refractivity contribution < 1.29 is 24.5 Å². The molecule has 2 N–H and O–H groups in total. The molecule has 0 radical (unpaired) electrons. The fourth-order valence-corrected chi connectivity index (χ4v) is 5.98. The second-order valence-electron chi connectivity index (χ2n) is 8.43. The summed E-state index contributed by atoms with van der Waals surface area (Å²) in [5.41, 5.74) is -1.26. The molecule has 154 valence electrons. The van der Waals surface area contributed by atoms with E-state index in [1.165, 1.54) is 4.90 Å². The topological polar surface area (TPSA) is 111 Å². The second-order valence-corrected chi connectivity index (χ2v) is 8.43. The molecule has 2 aromatic carbocycles. The Hall–Kier alpha value is -2.79. The second kappa shape index (κ2) is 6.35. The molecule has 30 heavy (non-hydrogen) atoms. The first-order valence-corrected chi connectivity index (χ1v) is 10.2. The zero-order valence-corrected chi connectivity index (χ0v) is 16.5. The lowest BCUT2D eigenvalue weighted by molar-refractivity contribution is -0.137. The number of fused-ring (bicyclic) bond motifs is 6. The van der Waals surface area contributed by atoms with Gasteiger partial charge in [-0.05, 0) is 18.6 Å². The van der Waals surface area contributed by atoms with Gasteiger partial charge in [0.25, 0.3) is 0 Å². The number of benzene rings is 2. The van der Waals surface area contributed by atoms with Crippen molar-refractivity contribution in [3.63, 3.8) is 0 Å². The van der Waals surface area contributed by atoms with Crippen molar-refractivity contribution in [1.29, 1.82) is 5.26 Å². The van der Waals surface area contributed by atoms with Gasteiger partial charge in [0.15, 0.2) is 0 Å². The molecule has 3 saturated heterocycles. The number of hydrogen-bond acceptors (Lipinski definition) is 6. The number of ether oxygens (including phenoxy) is 1. The highest BCUT2D eigenvalue weighted by molar-refractivity contribution is 6.26. The van der Waals surface area contributed by atoms with E-state index in [1.807, 2.05) is 13.0 Å². The van der Waals surface area contributed by atoms with Gasteiger partial charge in [-0.2, -0.15) is 5.26 Å². The molecule has 2 amide bonds. The Morgan fingerprint density at radius 3 is 2.53 bits per heavy atom. The van der Waals surface area contributed by atoms with Crippen molar-refractivity contribution in [3.05, 3.63) is 42.0 Å². The van der Waals surface area contributed by atoms with Crippen molar-refractivity contribution >= 4 is 28.3 Å². The molecular formula is C23H22N2O5. The number of carbonyl (C=O) groups is 2. The highest BCUT2D eigenvalue weighted by atomic mass is 16.6. The van der Waals surface area contributed by atoms with E-state index in [2.05, 4.69) is 6.07 Å². The van der Waals surface area contributed by atoms with E-state index in [1.54, 1.807) is 30.3 Å². The minimum absolute atomic E-state index is 0.188. The molecule has 3 heterocycles. The smallest absolute Gasteiger partial charge is 0.240 e. The highest BCUT2D eigenvalue weighted by Crippen LogP contribution is 2.63. The van der Waals surface area contributed by atoms with Crippen LogP contribution in [-0.4, -0.2) is 45.9 Å². The summed E-state index contributed by atoms with van der Waals surface area (Å²) in [5, 5.41) is 31.2. The molecule has 2 unspecified atom stereocenters. The van der Waals surface area contributed by atoms with Crippen molar-refractivity contribution in [3.8, 4) is 6.07 Å². The molecule has 0 aliphatic carbocycles. The number of anilines is 1. The van der Waals surface area contributed by atoms with Gasteiger partial charge in [0.2, 0.25) is 11.8 Å². The summed E-state index contributed by atoms with van der Waals surface area (Å²) in [7, 11) is 0. The van der Waals surface area contributed by atoms with E-state index >= 15 is 0 Å². The van der Waals surface area contributed by atoms with E-state index in [0.29, 0.717) is 28.4 Å². The largest absolute Gasteiger partial charge is 0.396 e. The molecular weight excluding hydrogens is 384 g/mol. The third-order valence-corrected chi connectivity index (χ3v) is 7.25. The van der Waals surface area contributed by atoms with Crippen molar-refractivity contribution in [2.24, 2.45) is 11.8 Å². The SMILES string of the molecule is CCC12OC(CCO)(C[C@@H]1O)[C@H]1C(=O)N(c3ccc(C#N)c4ccccc34)C(=O)[C@H]12. The number of rotatable bonds is 4. The normalized spacial score (nSPS) is 34.6. The van der Waals surface area contributed by atoms with Crippen LogP contribution in [0.25, 0.3) is 10.8 Å². The van der Waals surface area contributed by atoms with E-state index in [4.69, 9.17) is 4.74 Å². The van der Waals surface area contributed by atoms with Gasteiger partial charge in [0, 0.05) is 30.2 Å². The van der Waals surface area contributed by atoms with Gasteiger partial charge in [-0.1, -0.05) is 31.2 Å². The molecule has 3 aliphatic heterocycles. The van der Waals surface area contributed by atoms with Gasteiger partial charge in [-0.3, -0.25) is 9.59 Å². The van der Waals surface area contributed by atoms with E-state index in [0.717, 1.165) is 0 Å². The average molecular weight is 406 g/mol. The maximum atomic E-state index is 13.6. The maximum Gasteiger partial charge on any atom is 0.240 e. The standard InChI is InChI=1S/C23H22N2O5/c1-2-23-17(27)11-22(30-23,9-10-26)18-19(23)21(29)25(20(18)28)16-8-7-13(12-24)14-5-3-4-6-15(14)16/h3-8,17-19,26-27H,2,9-11H2,1H3/t17-,18+,19-,22?,23?/m0/s1. The number of nitrogens with zero attached hydrogens (tertiary/aromatic N) is 2. The molecule has 0 aromatic heterocycles. The fourth-order valence-electron chi connectivity index (χ4n) is 5.98. The summed E-state index contributed by atoms with van der Waals surface area (Å²) in [6.45, 7) is 1.65. The van der Waals surface area contributed by atoms with Gasteiger partial charge in [-0.15, -0.1) is 0 Å². The summed E-state index contributed by atoms with van der Waals surface area (Å²) in [4.78, 5) is 28.5. The third-order valence-electron chi connectivity index (χ3n) is 7.25. The Morgan fingerprint density at radius 2 is 1.87 bits per heavy atom. The number of aliphatic hydroxyl groups is 2. The molecule has 5 rings (SSSR count). The third kappa shape index (κ3) is 2.13. The lowest BCUT2D eigenvalue weighted by Crippen LogP contribution is -2.51. The van der Waals surface area contributed by atoms with Gasteiger partial charge < -0.3 is 14.9 Å². The number of nitriles is 1. The van der Waals surface area contributed by atoms with Gasteiger partial charge in [-0.25, -0.2) is 4.90 Å². The van der Waals surface area contributed by atoms with Crippen LogP contribution in [0.4, 0.5) is 5.69 Å². The van der Waals surface area contributed by atoms with Crippen LogP contribution >= 0.6 is 0 Å². The van der Waals surface area contributed by atoms with Gasteiger partial charge in [0.1, 0.15) is 5.60 Å². The Morgan fingerprint density at radius 1 is 1.17 bits per heavy atom. The summed E-state index contributed by atoms with van der Waals surface area (Å²) in [6.07, 6.45) is -0.0641. The first-order valence-electron chi connectivity index (χ1n) is 10.2. The van der Waals surface area contributed by atoms with Crippen LogP contribution in [0, 0.1) is 23.2 Å². The van der Waals surface area contributed by atoms with Crippen molar-refractivity contribution in [1.82, 2.24) is 0 Å². The van der Waals surface area contributed by atoms with Crippen molar-refractivity contribution in [2.45, 2.75) is 43.5 Å². The Bertz CT molecular complexity index is 1120. The molecule has 7 heteroatoms. The Kier molecular flexibility index (Phi) is 4.06. The zero-order valence-electron chi connectivity index (χ0n) is 16.5. The predicted octanol–water partition coefficient (Wildman–Crippen LogP) is 1.88. The van der Waals surface area contributed by atoms with Crippen molar-refractivity contribution in [2.75, 3.05) is 11.5 Å². The Balaban J connectivity index is 1.68. The molecule has 7 nitrogen and oxygen atoms in total. The molecule has 2 bridgehead atoms. The van der Waals surface area contributed by atoms with Gasteiger partial charge >= 0.3 is 0 Å². The molecule has 5 atom stereocenters. The quantitative estimate of drug-likeness (QED) is 0.750. The van der Waals surface area contributed by atoms with Crippen LogP contribution in [0.5, 0.6) is 0 Å².